The molecular weight excluding hydrogens is 433 g/mol. The molecule has 3 aliphatic heterocycles. The molecule has 174 valence electrons. The van der Waals surface area contributed by atoms with E-state index in [0.29, 0.717) is 17.5 Å². The maximum absolute atomic E-state index is 15.1. The minimum absolute atomic E-state index is 0.0818. The van der Waals surface area contributed by atoms with Gasteiger partial charge in [0.2, 0.25) is 11.8 Å². The predicted molar refractivity (Wildman–Crippen MR) is 124 cm³/mol. The summed E-state index contributed by atoms with van der Waals surface area (Å²) in [5.41, 5.74) is 3.75. The maximum Gasteiger partial charge on any atom is 0.255 e. The molecule has 34 heavy (non-hydrogen) atoms. The van der Waals surface area contributed by atoms with Gasteiger partial charge in [-0.2, -0.15) is 0 Å². The van der Waals surface area contributed by atoms with Crippen LogP contribution in [0.1, 0.15) is 64.2 Å². The topological polar surface area (TPSA) is 69.7 Å². The lowest BCUT2D eigenvalue weighted by atomic mass is 9.87. The molecule has 0 bridgehead atoms. The van der Waals surface area contributed by atoms with Crippen LogP contribution in [0.3, 0.4) is 0 Å². The van der Waals surface area contributed by atoms with Crippen molar-refractivity contribution < 1.29 is 18.8 Å². The summed E-state index contributed by atoms with van der Waals surface area (Å²) in [6.07, 6.45) is 7.65. The molecule has 2 fully saturated rings. The van der Waals surface area contributed by atoms with Crippen molar-refractivity contribution in [3.05, 3.63) is 70.0 Å². The Bertz CT molecular complexity index is 1210. The van der Waals surface area contributed by atoms with Crippen LogP contribution in [0.4, 0.5) is 4.39 Å². The molecule has 5 rings (SSSR count). The van der Waals surface area contributed by atoms with Gasteiger partial charge in [-0.25, -0.2) is 4.39 Å². The molecule has 3 heterocycles. The van der Waals surface area contributed by atoms with Gasteiger partial charge in [0.15, 0.2) is 0 Å². The van der Waals surface area contributed by atoms with Gasteiger partial charge >= 0.3 is 0 Å². The molecule has 3 aliphatic rings. The summed E-state index contributed by atoms with van der Waals surface area (Å²) in [6, 6.07) is 10.4. The number of hydrogen-bond donors (Lipinski definition) is 1. The average Bonchev–Trinajstić information content (AvgIpc) is 3.14. The fourth-order valence-electron chi connectivity index (χ4n) is 5.34. The van der Waals surface area contributed by atoms with Gasteiger partial charge in [0.05, 0.1) is 0 Å². The van der Waals surface area contributed by atoms with Crippen LogP contribution in [0.25, 0.3) is 0 Å². The number of carbonyl (C=O) groups excluding carboxylic acids is 3. The summed E-state index contributed by atoms with van der Waals surface area (Å²) < 4.78 is 15.1. The third-order valence-electron chi connectivity index (χ3n) is 7.17. The predicted octanol–water partition coefficient (Wildman–Crippen LogP) is 2.95. The van der Waals surface area contributed by atoms with Crippen LogP contribution in [-0.2, 0) is 22.7 Å². The van der Waals surface area contributed by atoms with Crippen LogP contribution in [0.5, 0.6) is 0 Å². The van der Waals surface area contributed by atoms with Crippen LogP contribution in [0, 0.1) is 18.2 Å². The molecule has 0 spiro atoms. The first-order valence-corrected chi connectivity index (χ1v) is 11.7. The van der Waals surface area contributed by atoms with Crippen LogP contribution in [0.2, 0.25) is 0 Å². The zero-order valence-electron chi connectivity index (χ0n) is 18.9. The lowest BCUT2D eigenvalue weighted by Crippen LogP contribution is -2.52. The molecule has 7 heteroatoms. The van der Waals surface area contributed by atoms with E-state index < -0.39 is 11.9 Å². The largest absolute Gasteiger partial charge is 0.322 e. The highest BCUT2D eigenvalue weighted by Gasteiger charge is 2.40. The second-order valence-corrected chi connectivity index (χ2v) is 9.33. The minimum Gasteiger partial charge on any atom is -0.322 e. The first kappa shape index (κ1) is 22.3. The molecule has 2 saturated heterocycles. The van der Waals surface area contributed by atoms with Gasteiger partial charge in [-0.1, -0.05) is 24.1 Å². The van der Waals surface area contributed by atoms with Crippen molar-refractivity contribution in [3.63, 3.8) is 0 Å². The number of fused-ring (bicyclic) bond motifs is 1. The highest BCUT2D eigenvalue weighted by molar-refractivity contribution is 6.05. The van der Waals surface area contributed by atoms with Gasteiger partial charge < -0.3 is 4.90 Å². The molecule has 0 aromatic heterocycles. The van der Waals surface area contributed by atoms with E-state index in [1.807, 2.05) is 24.3 Å². The summed E-state index contributed by atoms with van der Waals surface area (Å²) in [5, 5.41) is 2.30. The second kappa shape index (κ2) is 9.03. The van der Waals surface area contributed by atoms with Crippen LogP contribution in [0.15, 0.2) is 36.4 Å². The SMILES string of the molecule is C#Cc1cccc(CN2CCC(c3cc4c(cc3F)C(=O)N(C3CCC(=O)NC3=O)C4)CC2)c1. The number of benzene rings is 2. The standard InChI is InChI=1S/C27H26FN3O3/c1-2-17-4-3-5-18(12-17)15-30-10-8-19(9-11-30)21-13-20-16-31(27(34)22(20)14-23(21)28)24-6-7-25(32)29-26(24)33/h1,3-5,12-14,19,24H,6-11,15-16H2,(H,29,32,33). The molecule has 0 radical (unpaired) electrons. The second-order valence-electron chi connectivity index (χ2n) is 9.33. The Kier molecular flexibility index (Phi) is 5.93. The van der Waals surface area contributed by atoms with Crippen molar-refractivity contribution in [2.75, 3.05) is 13.1 Å². The number of terminal acetylenes is 1. The Morgan fingerprint density at radius 3 is 2.62 bits per heavy atom. The highest BCUT2D eigenvalue weighted by Crippen LogP contribution is 2.35. The van der Waals surface area contributed by atoms with Crippen molar-refractivity contribution in [2.24, 2.45) is 0 Å². The number of hydrogen-bond acceptors (Lipinski definition) is 4. The third-order valence-corrected chi connectivity index (χ3v) is 7.17. The average molecular weight is 460 g/mol. The fraction of sp³-hybridized carbons (Fsp3) is 0.370. The summed E-state index contributed by atoms with van der Waals surface area (Å²) in [4.78, 5) is 40.4. The van der Waals surface area contributed by atoms with Crippen LogP contribution < -0.4 is 5.32 Å². The Labute approximate surface area is 198 Å². The van der Waals surface area contributed by atoms with E-state index in [1.54, 1.807) is 0 Å². The van der Waals surface area contributed by atoms with E-state index in [2.05, 4.69) is 22.2 Å². The number of nitrogens with zero attached hydrogens (tertiary/aromatic N) is 2. The van der Waals surface area contributed by atoms with E-state index in [1.165, 1.54) is 16.5 Å². The third kappa shape index (κ3) is 4.22. The Hall–Kier alpha value is -3.50. The Morgan fingerprint density at radius 1 is 1.09 bits per heavy atom. The smallest absolute Gasteiger partial charge is 0.255 e. The van der Waals surface area contributed by atoms with Gasteiger partial charge in [0.25, 0.3) is 5.91 Å². The number of amides is 3. The van der Waals surface area contributed by atoms with E-state index in [9.17, 15) is 14.4 Å². The van der Waals surface area contributed by atoms with Crippen molar-refractivity contribution in [1.29, 1.82) is 0 Å². The van der Waals surface area contributed by atoms with E-state index in [-0.39, 0.29) is 36.5 Å². The fourth-order valence-corrected chi connectivity index (χ4v) is 5.34. The summed E-state index contributed by atoms with van der Waals surface area (Å²) in [6.45, 7) is 2.77. The van der Waals surface area contributed by atoms with Gasteiger partial charge in [-0.05, 0) is 73.2 Å². The van der Waals surface area contributed by atoms with Crippen LogP contribution in [-0.4, -0.2) is 46.7 Å². The molecule has 1 N–H and O–H groups in total. The number of carbonyl (C=O) groups is 3. The van der Waals surface area contributed by atoms with E-state index in [0.717, 1.165) is 43.6 Å². The molecule has 1 atom stereocenters. The van der Waals surface area contributed by atoms with E-state index >= 15 is 4.39 Å². The van der Waals surface area contributed by atoms with Gasteiger partial charge in [-0.15, -0.1) is 6.42 Å². The number of halogens is 1. The number of piperidine rings is 2. The number of likely N-dealkylation sites (tertiary alicyclic amines) is 1. The highest BCUT2D eigenvalue weighted by atomic mass is 19.1. The lowest BCUT2D eigenvalue weighted by molar-refractivity contribution is -0.136. The molecule has 2 aromatic rings. The Morgan fingerprint density at radius 2 is 1.88 bits per heavy atom. The van der Waals surface area contributed by atoms with Crippen molar-refractivity contribution in [1.82, 2.24) is 15.1 Å². The lowest BCUT2D eigenvalue weighted by Gasteiger charge is -2.32. The van der Waals surface area contributed by atoms with Crippen molar-refractivity contribution in [3.8, 4) is 12.3 Å². The summed E-state index contributed by atoms with van der Waals surface area (Å²) >= 11 is 0. The molecule has 0 aliphatic carbocycles. The molecule has 1 unspecified atom stereocenters. The normalized spacial score (nSPS) is 21.4. The van der Waals surface area contributed by atoms with Gasteiger partial charge in [-0.3, -0.25) is 24.6 Å². The Balaban J connectivity index is 1.26. The number of nitrogens with one attached hydrogen (secondary N) is 1. The summed E-state index contributed by atoms with van der Waals surface area (Å²) in [5.74, 6) is 1.25. The van der Waals surface area contributed by atoms with Gasteiger partial charge in [0, 0.05) is 30.6 Å². The molecule has 0 saturated carbocycles. The van der Waals surface area contributed by atoms with Crippen molar-refractivity contribution >= 4 is 17.7 Å². The monoisotopic (exact) mass is 459 g/mol. The maximum atomic E-state index is 15.1. The number of imide groups is 1. The number of rotatable bonds is 4. The minimum atomic E-state index is -0.694. The first-order valence-electron chi connectivity index (χ1n) is 11.7. The molecule has 2 aromatic carbocycles. The molecule has 6 nitrogen and oxygen atoms in total. The van der Waals surface area contributed by atoms with E-state index in [4.69, 9.17) is 6.42 Å². The van der Waals surface area contributed by atoms with Gasteiger partial charge in [0.1, 0.15) is 11.9 Å². The zero-order valence-corrected chi connectivity index (χ0v) is 18.9. The summed E-state index contributed by atoms with van der Waals surface area (Å²) in [7, 11) is 0. The zero-order chi connectivity index (χ0) is 23.8. The first-order chi connectivity index (χ1) is 16.4. The molecule has 3 amide bonds. The van der Waals surface area contributed by atoms with Crippen LogP contribution >= 0.6 is 0 Å². The quantitative estimate of drug-likeness (QED) is 0.564. The van der Waals surface area contributed by atoms with Crippen molar-refractivity contribution in [2.45, 2.75) is 50.7 Å². The molecular formula is C27H26FN3O3.